The van der Waals surface area contributed by atoms with Crippen LogP contribution in [0, 0.1) is 0 Å². The SMILES string of the molecule is O=c1ccsn1CCc1ccc(Cl)cc1. The maximum Gasteiger partial charge on any atom is 0.260 e. The second-order valence-corrected chi connectivity index (χ2v) is 4.59. The van der Waals surface area contributed by atoms with E-state index in [9.17, 15) is 4.79 Å². The highest BCUT2D eigenvalue weighted by Gasteiger charge is 1.98. The van der Waals surface area contributed by atoms with E-state index in [0.717, 1.165) is 18.0 Å². The zero-order valence-corrected chi connectivity index (χ0v) is 9.59. The Hall–Kier alpha value is -1.06. The van der Waals surface area contributed by atoms with Crippen LogP contribution in [0.25, 0.3) is 0 Å². The average molecular weight is 240 g/mol. The van der Waals surface area contributed by atoms with Crippen molar-refractivity contribution in [3.63, 3.8) is 0 Å². The molecule has 78 valence electrons. The third kappa shape index (κ3) is 2.70. The summed E-state index contributed by atoms with van der Waals surface area (Å²) in [6, 6.07) is 9.30. The van der Waals surface area contributed by atoms with Gasteiger partial charge in [-0.15, -0.1) is 0 Å². The number of aromatic nitrogens is 1. The number of hydrogen-bond donors (Lipinski definition) is 0. The lowest BCUT2D eigenvalue weighted by atomic mass is 10.1. The van der Waals surface area contributed by atoms with Crippen LogP contribution < -0.4 is 5.56 Å². The molecule has 0 radical (unpaired) electrons. The van der Waals surface area contributed by atoms with E-state index in [1.54, 1.807) is 10.0 Å². The molecule has 0 bridgehead atoms. The molecule has 0 atom stereocenters. The van der Waals surface area contributed by atoms with Gasteiger partial charge >= 0.3 is 0 Å². The van der Waals surface area contributed by atoms with E-state index < -0.39 is 0 Å². The molecule has 0 unspecified atom stereocenters. The fraction of sp³-hybridized carbons (Fsp3) is 0.182. The maximum atomic E-state index is 11.2. The Morgan fingerprint density at radius 2 is 1.93 bits per heavy atom. The molecule has 2 aromatic rings. The van der Waals surface area contributed by atoms with Gasteiger partial charge in [0.25, 0.3) is 5.56 Å². The topological polar surface area (TPSA) is 22.0 Å². The smallest absolute Gasteiger partial charge is 0.260 e. The zero-order valence-electron chi connectivity index (χ0n) is 8.02. The van der Waals surface area contributed by atoms with E-state index in [1.165, 1.54) is 17.1 Å². The summed E-state index contributed by atoms with van der Waals surface area (Å²) >= 11 is 7.23. The Balaban J connectivity index is 2.02. The summed E-state index contributed by atoms with van der Waals surface area (Å²) in [7, 11) is 0. The molecule has 2 rings (SSSR count). The Morgan fingerprint density at radius 3 is 2.53 bits per heavy atom. The van der Waals surface area contributed by atoms with Gasteiger partial charge in [0.2, 0.25) is 0 Å². The van der Waals surface area contributed by atoms with Gasteiger partial charge in [-0.1, -0.05) is 35.3 Å². The van der Waals surface area contributed by atoms with Crippen molar-refractivity contribution in [3.8, 4) is 0 Å². The van der Waals surface area contributed by atoms with Gasteiger partial charge in [0.05, 0.1) is 0 Å². The van der Waals surface area contributed by atoms with Crippen molar-refractivity contribution >= 4 is 23.1 Å². The van der Waals surface area contributed by atoms with Crippen LogP contribution in [0.3, 0.4) is 0 Å². The van der Waals surface area contributed by atoms with Gasteiger partial charge in [-0.25, -0.2) is 0 Å². The van der Waals surface area contributed by atoms with Crippen molar-refractivity contribution in [2.45, 2.75) is 13.0 Å². The van der Waals surface area contributed by atoms with E-state index >= 15 is 0 Å². The molecule has 0 aliphatic heterocycles. The first-order valence-electron chi connectivity index (χ1n) is 4.65. The van der Waals surface area contributed by atoms with Gasteiger partial charge in [0.15, 0.2) is 0 Å². The summed E-state index contributed by atoms with van der Waals surface area (Å²) in [4.78, 5) is 11.2. The molecule has 0 aliphatic rings. The monoisotopic (exact) mass is 239 g/mol. The Labute approximate surface area is 96.9 Å². The standard InChI is InChI=1S/C11H10ClNOS/c12-10-3-1-9(2-4-10)5-7-13-11(14)6-8-15-13/h1-4,6,8H,5,7H2. The van der Waals surface area contributed by atoms with Crippen LogP contribution in [0.15, 0.2) is 40.5 Å². The summed E-state index contributed by atoms with van der Waals surface area (Å²) < 4.78 is 1.74. The lowest BCUT2D eigenvalue weighted by Gasteiger charge is -2.01. The maximum absolute atomic E-state index is 11.2. The Morgan fingerprint density at radius 1 is 1.20 bits per heavy atom. The molecule has 0 saturated heterocycles. The minimum absolute atomic E-state index is 0.0777. The highest BCUT2D eigenvalue weighted by Crippen LogP contribution is 2.10. The molecule has 1 heterocycles. The van der Waals surface area contributed by atoms with Gasteiger partial charge < -0.3 is 0 Å². The molecule has 15 heavy (non-hydrogen) atoms. The van der Waals surface area contributed by atoms with Crippen LogP contribution in [0.2, 0.25) is 5.02 Å². The first-order chi connectivity index (χ1) is 7.25. The number of halogens is 1. The average Bonchev–Trinajstić information content (AvgIpc) is 2.63. The van der Waals surface area contributed by atoms with Crippen LogP contribution in [0.4, 0.5) is 0 Å². The number of aryl methyl sites for hydroxylation is 2. The van der Waals surface area contributed by atoms with Gasteiger partial charge in [0, 0.05) is 23.0 Å². The Bertz CT molecular complexity index is 486. The number of hydrogen-bond acceptors (Lipinski definition) is 2. The predicted molar refractivity (Wildman–Crippen MR) is 63.7 cm³/mol. The van der Waals surface area contributed by atoms with Gasteiger partial charge in [-0.2, -0.15) is 0 Å². The largest absolute Gasteiger partial charge is 0.268 e. The lowest BCUT2D eigenvalue weighted by Crippen LogP contribution is -2.13. The van der Waals surface area contributed by atoms with Crippen molar-refractivity contribution in [2.75, 3.05) is 0 Å². The van der Waals surface area contributed by atoms with Crippen LogP contribution in [0.1, 0.15) is 5.56 Å². The van der Waals surface area contributed by atoms with Gasteiger partial charge in [-0.3, -0.25) is 8.75 Å². The van der Waals surface area contributed by atoms with Crippen molar-refractivity contribution in [1.29, 1.82) is 0 Å². The molecule has 0 fully saturated rings. The third-order valence-electron chi connectivity index (χ3n) is 2.16. The minimum Gasteiger partial charge on any atom is -0.268 e. The van der Waals surface area contributed by atoms with Crippen LogP contribution >= 0.6 is 23.1 Å². The van der Waals surface area contributed by atoms with E-state index in [1.807, 2.05) is 29.6 Å². The van der Waals surface area contributed by atoms with Crippen molar-refractivity contribution in [2.24, 2.45) is 0 Å². The lowest BCUT2D eigenvalue weighted by molar-refractivity contribution is 0.733. The van der Waals surface area contributed by atoms with Crippen molar-refractivity contribution < 1.29 is 0 Å². The van der Waals surface area contributed by atoms with E-state index in [2.05, 4.69) is 0 Å². The summed E-state index contributed by atoms with van der Waals surface area (Å²) in [6.07, 6.45) is 0.859. The molecule has 0 amide bonds. The quantitative estimate of drug-likeness (QED) is 0.807. The molecule has 0 saturated carbocycles. The molecular formula is C11H10ClNOS. The van der Waals surface area contributed by atoms with E-state index in [-0.39, 0.29) is 5.56 Å². The van der Waals surface area contributed by atoms with Crippen LogP contribution in [-0.4, -0.2) is 3.96 Å². The molecular weight excluding hydrogens is 230 g/mol. The molecule has 4 heteroatoms. The zero-order chi connectivity index (χ0) is 10.7. The number of nitrogens with zero attached hydrogens (tertiary/aromatic N) is 1. The Kier molecular flexibility index (Phi) is 3.23. The second kappa shape index (κ2) is 4.64. The number of rotatable bonds is 3. The molecule has 1 aromatic carbocycles. The molecule has 0 N–H and O–H groups in total. The first-order valence-corrected chi connectivity index (χ1v) is 5.86. The number of benzene rings is 1. The summed E-state index contributed by atoms with van der Waals surface area (Å²) in [5, 5.41) is 2.55. The van der Waals surface area contributed by atoms with Gasteiger partial charge in [0.1, 0.15) is 0 Å². The van der Waals surface area contributed by atoms with Crippen LogP contribution in [-0.2, 0) is 13.0 Å². The fourth-order valence-corrected chi connectivity index (χ4v) is 2.15. The normalized spacial score (nSPS) is 10.5. The third-order valence-corrected chi connectivity index (χ3v) is 3.29. The molecule has 0 aliphatic carbocycles. The molecule has 1 aromatic heterocycles. The summed E-state index contributed by atoms with van der Waals surface area (Å²) in [6.45, 7) is 0.734. The predicted octanol–water partition coefficient (Wildman–Crippen LogP) is 2.81. The van der Waals surface area contributed by atoms with E-state index in [0.29, 0.717) is 0 Å². The first kappa shape index (κ1) is 10.5. The fourth-order valence-electron chi connectivity index (χ4n) is 1.34. The van der Waals surface area contributed by atoms with E-state index in [4.69, 9.17) is 11.6 Å². The highest BCUT2D eigenvalue weighted by atomic mass is 35.5. The van der Waals surface area contributed by atoms with Crippen molar-refractivity contribution in [1.82, 2.24) is 3.96 Å². The second-order valence-electron chi connectivity index (χ2n) is 3.22. The van der Waals surface area contributed by atoms with Crippen molar-refractivity contribution in [3.05, 3.63) is 56.7 Å². The van der Waals surface area contributed by atoms with Crippen LogP contribution in [0.5, 0.6) is 0 Å². The molecule has 0 spiro atoms. The minimum atomic E-state index is 0.0777. The highest BCUT2D eigenvalue weighted by molar-refractivity contribution is 7.04. The summed E-state index contributed by atoms with van der Waals surface area (Å²) in [5.41, 5.74) is 1.27. The molecule has 2 nitrogen and oxygen atoms in total. The van der Waals surface area contributed by atoms with Gasteiger partial charge in [-0.05, 0) is 24.1 Å². The summed E-state index contributed by atoms with van der Waals surface area (Å²) in [5.74, 6) is 0.